The lowest BCUT2D eigenvalue weighted by molar-refractivity contribution is 0.441. The molecule has 1 rings (SSSR count). The molecule has 1 fully saturated rings. The van der Waals surface area contributed by atoms with E-state index in [-0.39, 0.29) is 5.54 Å². The van der Waals surface area contributed by atoms with E-state index in [1.165, 1.54) is 25.0 Å². The van der Waals surface area contributed by atoms with Crippen LogP contribution in [0.1, 0.15) is 33.1 Å². The Labute approximate surface area is 97.8 Å². The molecule has 0 radical (unpaired) electrons. The average Bonchev–Trinajstić information content (AvgIpc) is 3.03. The lowest BCUT2D eigenvalue weighted by atomic mass is 9.98. The van der Waals surface area contributed by atoms with Crippen molar-refractivity contribution in [2.45, 2.75) is 38.6 Å². The fourth-order valence-electron chi connectivity index (χ4n) is 1.70. The monoisotopic (exact) mass is 226 g/mol. The molecule has 0 aromatic carbocycles. The highest BCUT2D eigenvalue weighted by Crippen LogP contribution is 2.40. The van der Waals surface area contributed by atoms with Crippen molar-refractivity contribution < 1.29 is 0 Å². The van der Waals surface area contributed by atoms with E-state index in [0.29, 0.717) is 5.92 Å². The molecule has 0 saturated heterocycles. The minimum absolute atomic E-state index is 0.248. The molecule has 1 atom stereocenters. The summed E-state index contributed by atoms with van der Waals surface area (Å²) in [5, 5.41) is 12.5. The second-order valence-electron chi connectivity index (χ2n) is 4.84. The van der Waals surface area contributed by atoms with Crippen LogP contribution in [0.3, 0.4) is 0 Å². The van der Waals surface area contributed by atoms with E-state index in [1.54, 1.807) is 0 Å². The molecule has 0 aromatic heterocycles. The fourth-order valence-corrected chi connectivity index (χ4v) is 3.25. The van der Waals surface area contributed by atoms with Gasteiger partial charge < -0.3 is 5.32 Å². The summed E-state index contributed by atoms with van der Waals surface area (Å²) in [6.45, 7) is 4.49. The smallest absolute Gasteiger partial charge is 0.118 e. The predicted molar refractivity (Wildman–Crippen MR) is 66.9 cm³/mol. The van der Waals surface area contributed by atoms with Crippen molar-refractivity contribution in [1.82, 2.24) is 5.32 Å². The highest BCUT2D eigenvalue weighted by molar-refractivity contribution is 7.99. The molecule has 0 amide bonds. The maximum absolute atomic E-state index is 9.27. The maximum atomic E-state index is 9.27. The Kier molecular flexibility index (Phi) is 4.95. The van der Waals surface area contributed by atoms with E-state index in [0.717, 1.165) is 11.7 Å². The van der Waals surface area contributed by atoms with Crippen LogP contribution < -0.4 is 5.32 Å². The van der Waals surface area contributed by atoms with Gasteiger partial charge in [-0.3, -0.25) is 0 Å². The number of nitrogens with zero attached hydrogens (tertiary/aromatic N) is 1. The van der Waals surface area contributed by atoms with Gasteiger partial charge >= 0.3 is 0 Å². The Balaban J connectivity index is 2.29. The van der Waals surface area contributed by atoms with Gasteiger partial charge in [0.1, 0.15) is 5.54 Å². The van der Waals surface area contributed by atoms with Crippen molar-refractivity contribution in [3.8, 4) is 6.07 Å². The zero-order chi connectivity index (χ0) is 11.3. The molecule has 3 heteroatoms. The molecule has 1 aliphatic carbocycles. The first-order valence-electron chi connectivity index (χ1n) is 5.82. The Hall–Kier alpha value is -0.200. The number of nitriles is 1. The van der Waals surface area contributed by atoms with Gasteiger partial charge in [0.2, 0.25) is 0 Å². The Morgan fingerprint density at radius 1 is 1.53 bits per heavy atom. The van der Waals surface area contributed by atoms with Gasteiger partial charge in [-0.15, -0.1) is 0 Å². The van der Waals surface area contributed by atoms with Crippen LogP contribution in [0.4, 0.5) is 0 Å². The van der Waals surface area contributed by atoms with Gasteiger partial charge in [0.05, 0.1) is 6.07 Å². The SMILES string of the molecule is CNC(C#N)(CSCCC(C)C)C1CC1. The third-order valence-electron chi connectivity index (χ3n) is 3.09. The summed E-state index contributed by atoms with van der Waals surface area (Å²) in [6, 6.07) is 2.48. The van der Waals surface area contributed by atoms with Crippen molar-refractivity contribution in [3.63, 3.8) is 0 Å². The molecule has 1 N–H and O–H groups in total. The Morgan fingerprint density at radius 2 is 2.20 bits per heavy atom. The summed E-state index contributed by atoms with van der Waals surface area (Å²) in [5.74, 6) is 3.48. The van der Waals surface area contributed by atoms with Crippen LogP contribution in [0, 0.1) is 23.2 Å². The third kappa shape index (κ3) is 3.70. The summed E-state index contributed by atoms with van der Waals surface area (Å²) in [7, 11) is 1.92. The molecule has 0 spiro atoms. The van der Waals surface area contributed by atoms with Crippen LogP contribution in [0.15, 0.2) is 0 Å². The summed E-state index contributed by atoms with van der Waals surface area (Å²) in [4.78, 5) is 0. The molecular formula is C12H22N2S. The first-order chi connectivity index (χ1) is 7.14. The number of nitrogens with one attached hydrogen (secondary N) is 1. The molecule has 1 aliphatic rings. The van der Waals surface area contributed by atoms with Gasteiger partial charge in [-0.2, -0.15) is 17.0 Å². The molecule has 2 nitrogen and oxygen atoms in total. The maximum Gasteiger partial charge on any atom is 0.118 e. The molecule has 0 bridgehead atoms. The van der Waals surface area contributed by atoms with Gasteiger partial charge in [0, 0.05) is 5.75 Å². The van der Waals surface area contributed by atoms with E-state index in [4.69, 9.17) is 0 Å². The summed E-state index contributed by atoms with van der Waals surface area (Å²) in [6.07, 6.45) is 3.69. The van der Waals surface area contributed by atoms with Crippen LogP contribution in [-0.4, -0.2) is 24.1 Å². The third-order valence-corrected chi connectivity index (χ3v) is 4.27. The average molecular weight is 226 g/mol. The van der Waals surface area contributed by atoms with Crippen molar-refractivity contribution in [2.24, 2.45) is 11.8 Å². The van der Waals surface area contributed by atoms with Crippen LogP contribution in [-0.2, 0) is 0 Å². The molecule has 1 saturated carbocycles. The van der Waals surface area contributed by atoms with Crippen molar-refractivity contribution >= 4 is 11.8 Å². The number of hydrogen-bond donors (Lipinski definition) is 1. The Bertz CT molecular complexity index is 230. The number of thioether (sulfide) groups is 1. The van der Waals surface area contributed by atoms with Gasteiger partial charge in [-0.25, -0.2) is 0 Å². The van der Waals surface area contributed by atoms with E-state index in [2.05, 4.69) is 25.2 Å². The summed E-state index contributed by atoms with van der Waals surface area (Å²) in [5.41, 5.74) is -0.248. The van der Waals surface area contributed by atoms with Gasteiger partial charge in [0.25, 0.3) is 0 Å². The summed E-state index contributed by atoms with van der Waals surface area (Å²) < 4.78 is 0. The van der Waals surface area contributed by atoms with E-state index >= 15 is 0 Å². The van der Waals surface area contributed by atoms with E-state index in [1.807, 2.05) is 18.8 Å². The minimum atomic E-state index is -0.248. The zero-order valence-electron chi connectivity index (χ0n) is 10.0. The molecule has 0 aliphatic heterocycles. The number of hydrogen-bond acceptors (Lipinski definition) is 3. The van der Waals surface area contributed by atoms with Crippen molar-refractivity contribution in [2.75, 3.05) is 18.6 Å². The van der Waals surface area contributed by atoms with E-state index < -0.39 is 0 Å². The van der Waals surface area contributed by atoms with Crippen molar-refractivity contribution in [1.29, 1.82) is 5.26 Å². The van der Waals surface area contributed by atoms with Crippen molar-refractivity contribution in [3.05, 3.63) is 0 Å². The van der Waals surface area contributed by atoms with Crippen LogP contribution in [0.5, 0.6) is 0 Å². The zero-order valence-corrected chi connectivity index (χ0v) is 10.9. The fraction of sp³-hybridized carbons (Fsp3) is 0.917. The minimum Gasteiger partial charge on any atom is -0.302 e. The molecule has 0 aromatic rings. The molecule has 0 heterocycles. The largest absolute Gasteiger partial charge is 0.302 e. The molecule has 1 unspecified atom stereocenters. The van der Waals surface area contributed by atoms with Gasteiger partial charge in [0.15, 0.2) is 0 Å². The second-order valence-corrected chi connectivity index (χ2v) is 5.95. The van der Waals surface area contributed by atoms with E-state index in [9.17, 15) is 5.26 Å². The standard InChI is InChI=1S/C12H22N2S/c1-10(2)6-7-15-9-12(8-13,14-3)11-4-5-11/h10-11,14H,4-7,9H2,1-3H3. The highest BCUT2D eigenvalue weighted by atomic mass is 32.2. The van der Waals surface area contributed by atoms with Crippen LogP contribution in [0.25, 0.3) is 0 Å². The lowest BCUT2D eigenvalue weighted by Gasteiger charge is -2.25. The first kappa shape index (κ1) is 12.9. The Morgan fingerprint density at radius 3 is 2.60 bits per heavy atom. The van der Waals surface area contributed by atoms with Gasteiger partial charge in [-0.05, 0) is 43.9 Å². The lowest BCUT2D eigenvalue weighted by Crippen LogP contribution is -2.46. The summed E-state index contributed by atoms with van der Waals surface area (Å²) >= 11 is 1.92. The predicted octanol–water partition coefficient (Wildman–Crippen LogP) is 2.66. The quantitative estimate of drug-likeness (QED) is 0.678. The van der Waals surface area contributed by atoms with Crippen LogP contribution in [0.2, 0.25) is 0 Å². The molecule has 15 heavy (non-hydrogen) atoms. The second kappa shape index (κ2) is 5.77. The topological polar surface area (TPSA) is 35.8 Å². The normalized spacial score (nSPS) is 19.9. The van der Waals surface area contributed by atoms with Gasteiger partial charge in [-0.1, -0.05) is 13.8 Å². The molecular weight excluding hydrogens is 204 g/mol. The number of rotatable bonds is 7. The highest BCUT2D eigenvalue weighted by Gasteiger charge is 2.44. The van der Waals surface area contributed by atoms with Crippen LogP contribution >= 0.6 is 11.8 Å². The first-order valence-corrected chi connectivity index (χ1v) is 6.98. The molecule has 86 valence electrons.